The van der Waals surface area contributed by atoms with Crippen molar-refractivity contribution in [3.05, 3.63) is 71.8 Å². The summed E-state index contributed by atoms with van der Waals surface area (Å²) < 4.78 is 5.19. The highest BCUT2D eigenvalue weighted by Gasteiger charge is 2.30. The summed E-state index contributed by atoms with van der Waals surface area (Å²) in [4.78, 5) is 12.2. The molecule has 2 aromatic carbocycles. The number of benzene rings is 2. The first kappa shape index (κ1) is 15.4. The van der Waals surface area contributed by atoms with Gasteiger partial charge in [-0.1, -0.05) is 42.5 Å². The van der Waals surface area contributed by atoms with Crippen LogP contribution in [0.25, 0.3) is 5.70 Å². The van der Waals surface area contributed by atoms with Crippen LogP contribution in [0.4, 0.5) is 0 Å². The van der Waals surface area contributed by atoms with E-state index in [0.717, 1.165) is 22.6 Å². The quantitative estimate of drug-likeness (QED) is 0.875. The highest BCUT2D eigenvalue weighted by molar-refractivity contribution is 6.27. The summed E-state index contributed by atoms with van der Waals surface area (Å²) in [5, 5.41) is 1.57. The number of carbonyl (C=O) groups is 1. The van der Waals surface area contributed by atoms with Gasteiger partial charge in [0, 0.05) is 0 Å². The maximum atomic E-state index is 12.2. The van der Waals surface area contributed by atoms with Crippen molar-refractivity contribution in [2.75, 3.05) is 13.0 Å². The zero-order chi connectivity index (χ0) is 16.2. The van der Waals surface area contributed by atoms with Crippen LogP contribution in [-0.2, 0) is 4.79 Å². The highest BCUT2D eigenvalue weighted by atomic mass is 35.5. The molecule has 0 aliphatic carbocycles. The maximum absolute atomic E-state index is 12.2. The van der Waals surface area contributed by atoms with Gasteiger partial charge in [-0.15, -0.1) is 11.6 Å². The van der Waals surface area contributed by atoms with Crippen molar-refractivity contribution in [2.45, 2.75) is 6.04 Å². The Bertz CT molecular complexity index is 714. The van der Waals surface area contributed by atoms with E-state index in [0.29, 0.717) is 0 Å². The Labute approximate surface area is 140 Å². The molecule has 0 fully saturated rings. The lowest BCUT2D eigenvalue weighted by Crippen LogP contribution is -2.40. The van der Waals surface area contributed by atoms with E-state index in [9.17, 15) is 4.79 Å². The smallest absolute Gasteiger partial charge is 0.256 e. The van der Waals surface area contributed by atoms with E-state index in [-0.39, 0.29) is 17.8 Å². The molecule has 4 nitrogen and oxygen atoms in total. The highest BCUT2D eigenvalue weighted by Crippen LogP contribution is 2.32. The molecule has 1 atom stereocenters. The number of amides is 1. The van der Waals surface area contributed by atoms with E-state index in [4.69, 9.17) is 16.3 Å². The van der Waals surface area contributed by atoms with Crippen LogP contribution >= 0.6 is 11.6 Å². The van der Waals surface area contributed by atoms with Crippen LogP contribution in [0.2, 0.25) is 0 Å². The molecular formula is C18H17ClN2O2. The van der Waals surface area contributed by atoms with Crippen molar-refractivity contribution in [2.24, 2.45) is 0 Å². The summed E-state index contributed by atoms with van der Waals surface area (Å²) >= 11 is 5.75. The molecule has 0 unspecified atom stereocenters. The van der Waals surface area contributed by atoms with Crippen molar-refractivity contribution in [3.8, 4) is 5.75 Å². The van der Waals surface area contributed by atoms with Gasteiger partial charge in [0.25, 0.3) is 5.91 Å². The van der Waals surface area contributed by atoms with Gasteiger partial charge >= 0.3 is 0 Å². The van der Waals surface area contributed by atoms with Crippen LogP contribution in [0.1, 0.15) is 17.2 Å². The molecule has 118 valence electrons. The summed E-state index contributed by atoms with van der Waals surface area (Å²) in [6.07, 6.45) is 2.03. The van der Waals surface area contributed by atoms with Gasteiger partial charge in [-0.3, -0.25) is 10.2 Å². The fourth-order valence-corrected chi connectivity index (χ4v) is 2.70. The van der Waals surface area contributed by atoms with Crippen LogP contribution < -0.4 is 10.2 Å². The van der Waals surface area contributed by atoms with E-state index >= 15 is 0 Å². The predicted octanol–water partition coefficient (Wildman–Crippen LogP) is 3.36. The number of methoxy groups -OCH3 is 1. The molecule has 1 aliphatic heterocycles. The molecule has 0 saturated heterocycles. The molecule has 1 amide bonds. The van der Waals surface area contributed by atoms with Crippen LogP contribution in [0.15, 0.2) is 60.7 Å². The Morgan fingerprint density at radius 1 is 1.17 bits per heavy atom. The third kappa shape index (κ3) is 3.17. The number of alkyl halides is 1. The molecule has 1 heterocycles. The van der Waals surface area contributed by atoms with Crippen LogP contribution in [-0.4, -0.2) is 23.9 Å². The van der Waals surface area contributed by atoms with Gasteiger partial charge < -0.3 is 4.74 Å². The number of halogens is 1. The van der Waals surface area contributed by atoms with Crippen molar-refractivity contribution >= 4 is 23.2 Å². The molecule has 5 heteroatoms. The Morgan fingerprint density at radius 2 is 1.87 bits per heavy atom. The molecule has 1 aliphatic rings. The normalized spacial score (nSPS) is 16.7. The molecule has 3 rings (SSSR count). The van der Waals surface area contributed by atoms with E-state index in [1.807, 2.05) is 60.7 Å². The Balaban J connectivity index is 1.95. The second-order valence-corrected chi connectivity index (χ2v) is 5.44. The second-order valence-electron chi connectivity index (χ2n) is 5.17. The Kier molecular flexibility index (Phi) is 4.53. The number of rotatable bonds is 4. The van der Waals surface area contributed by atoms with Gasteiger partial charge in [-0.05, 0) is 29.3 Å². The number of hydrogen-bond acceptors (Lipinski definition) is 3. The Hall–Kier alpha value is -2.46. The minimum absolute atomic E-state index is 0.0738. The fraction of sp³-hybridized carbons (Fsp3) is 0.167. The molecule has 0 aromatic heterocycles. The van der Waals surface area contributed by atoms with Crippen molar-refractivity contribution in [1.29, 1.82) is 0 Å². The summed E-state index contributed by atoms with van der Waals surface area (Å²) in [7, 11) is 1.63. The second kappa shape index (κ2) is 6.75. The van der Waals surface area contributed by atoms with Gasteiger partial charge in [0.05, 0.1) is 18.8 Å². The van der Waals surface area contributed by atoms with E-state index in [1.54, 1.807) is 12.1 Å². The fourth-order valence-electron chi connectivity index (χ4n) is 2.58. The summed E-state index contributed by atoms with van der Waals surface area (Å²) in [6.45, 7) is 0. The summed E-state index contributed by atoms with van der Waals surface area (Å²) in [5.74, 6) is 0.534. The summed E-state index contributed by atoms with van der Waals surface area (Å²) in [6, 6.07) is 17.3. The number of ether oxygens (including phenoxy) is 1. The lowest BCUT2D eigenvalue weighted by atomic mass is 10.0. The molecule has 0 radical (unpaired) electrons. The topological polar surface area (TPSA) is 41.6 Å². The number of nitrogens with one attached hydrogen (secondary N) is 1. The Morgan fingerprint density at radius 3 is 2.48 bits per heavy atom. The average Bonchev–Trinajstić information content (AvgIpc) is 3.07. The van der Waals surface area contributed by atoms with Gasteiger partial charge in [-0.25, -0.2) is 5.01 Å². The first-order valence-corrected chi connectivity index (χ1v) is 7.82. The average molecular weight is 329 g/mol. The standard InChI is InChI=1S/C18H17ClN2O2/c1-23-15-9-7-14(8-10-15)17-11-16(13-5-3-2-4-6-13)20-21(17)18(22)12-19/h2-11,17,20H,12H2,1H3/t17-/m0/s1. The van der Waals surface area contributed by atoms with Gasteiger partial charge in [0.1, 0.15) is 11.6 Å². The molecule has 0 spiro atoms. The number of nitrogens with zero attached hydrogens (tertiary/aromatic N) is 1. The third-order valence-corrected chi connectivity index (χ3v) is 4.00. The SMILES string of the molecule is COc1ccc([C@@H]2C=C(c3ccccc3)NN2C(=O)CCl)cc1. The van der Waals surface area contributed by atoms with Gasteiger partial charge in [0.15, 0.2) is 0 Å². The predicted molar refractivity (Wildman–Crippen MR) is 90.9 cm³/mol. The zero-order valence-electron chi connectivity index (χ0n) is 12.7. The van der Waals surface area contributed by atoms with E-state index in [1.165, 1.54) is 0 Å². The molecule has 0 bridgehead atoms. The minimum Gasteiger partial charge on any atom is -0.497 e. The maximum Gasteiger partial charge on any atom is 0.256 e. The lowest BCUT2D eigenvalue weighted by Gasteiger charge is -2.24. The van der Waals surface area contributed by atoms with Gasteiger partial charge in [0.2, 0.25) is 0 Å². The van der Waals surface area contributed by atoms with E-state index < -0.39 is 0 Å². The zero-order valence-corrected chi connectivity index (χ0v) is 13.5. The molecule has 1 N–H and O–H groups in total. The van der Waals surface area contributed by atoms with Crippen LogP contribution in [0, 0.1) is 0 Å². The number of hydrogen-bond donors (Lipinski definition) is 1. The van der Waals surface area contributed by atoms with Crippen molar-refractivity contribution in [1.82, 2.24) is 10.4 Å². The van der Waals surface area contributed by atoms with Crippen LogP contribution in [0.5, 0.6) is 5.75 Å². The minimum atomic E-state index is -0.206. The lowest BCUT2D eigenvalue weighted by molar-refractivity contribution is -0.131. The first-order valence-electron chi connectivity index (χ1n) is 7.29. The summed E-state index contributed by atoms with van der Waals surface area (Å²) in [5.41, 5.74) is 6.07. The number of carbonyl (C=O) groups excluding carboxylic acids is 1. The molecule has 23 heavy (non-hydrogen) atoms. The molecular weight excluding hydrogens is 312 g/mol. The van der Waals surface area contributed by atoms with E-state index in [2.05, 4.69) is 5.43 Å². The monoisotopic (exact) mass is 328 g/mol. The molecule has 2 aromatic rings. The molecule has 0 saturated carbocycles. The van der Waals surface area contributed by atoms with Crippen LogP contribution in [0.3, 0.4) is 0 Å². The van der Waals surface area contributed by atoms with Gasteiger partial charge in [-0.2, -0.15) is 0 Å². The third-order valence-electron chi connectivity index (χ3n) is 3.77. The largest absolute Gasteiger partial charge is 0.497 e. The first-order chi connectivity index (χ1) is 11.2. The number of hydrazine groups is 1. The van der Waals surface area contributed by atoms with Crippen molar-refractivity contribution < 1.29 is 9.53 Å². The van der Waals surface area contributed by atoms with Crippen molar-refractivity contribution in [3.63, 3.8) is 0 Å².